The van der Waals surface area contributed by atoms with Crippen LogP contribution in [0.15, 0.2) is 46.2 Å². The Kier molecular flexibility index (Phi) is 3.95. The van der Waals surface area contributed by atoms with Crippen molar-refractivity contribution in [3.8, 4) is 0 Å². The first kappa shape index (κ1) is 9.40. The molecule has 1 rings (SSSR count). The summed E-state index contributed by atoms with van der Waals surface area (Å²) in [6.07, 6.45) is 3.30. The molecule has 0 unspecified atom stereocenters. The fraction of sp³-hybridized carbons (Fsp3) is 0.273. The van der Waals surface area contributed by atoms with Gasteiger partial charge in [-0.1, -0.05) is 43.0 Å². The molecule has 0 heterocycles. The van der Waals surface area contributed by atoms with Gasteiger partial charge >= 0.3 is 0 Å². The summed E-state index contributed by atoms with van der Waals surface area (Å²) in [5.41, 5.74) is 0. The highest BCUT2D eigenvalue weighted by Crippen LogP contribution is 2.27. The normalized spacial score (nSPS) is 11.7. The van der Waals surface area contributed by atoms with Crippen LogP contribution in [0.1, 0.15) is 20.3 Å². The molecule has 64 valence electrons. The molecule has 0 saturated heterocycles. The van der Waals surface area contributed by atoms with Gasteiger partial charge in [-0.05, 0) is 30.4 Å². The predicted octanol–water partition coefficient (Wildman–Crippen LogP) is 4.09. The van der Waals surface area contributed by atoms with E-state index in [9.17, 15) is 0 Å². The molecule has 0 atom stereocenters. The van der Waals surface area contributed by atoms with Gasteiger partial charge in [0.25, 0.3) is 0 Å². The maximum Gasteiger partial charge on any atom is 0.0118 e. The molecule has 0 aliphatic rings. The van der Waals surface area contributed by atoms with Gasteiger partial charge in [0.1, 0.15) is 0 Å². The average Bonchev–Trinajstić information content (AvgIpc) is 2.16. The maximum atomic E-state index is 2.19. The average molecular weight is 178 g/mol. The molecule has 0 fully saturated rings. The van der Waals surface area contributed by atoms with E-state index in [0.717, 1.165) is 6.42 Å². The van der Waals surface area contributed by atoms with E-state index in [0.29, 0.717) is 0 Å². The van der Waals surface area contributed by atoms with Gasteiger partial charge in [-0.25, -0.2) is 0 Å². The first-order valence-electron chi connectivity index (χ1n) is 4.25. The van der Waals surface area contributed by atoms with Crippen LogP contribution >= 0.6 is 11.8 Å². The van der Waals surface area contributed by atoms with Crippen LogP contribution in [0.5, 0.6) is 0 Å². The van der Waals surface area contributed by atoms with E-state index in [1.165, 1.54) is 9.80 Å². The van der Waals surface area contributed by atoms with Gasteiger partial charge in [-0.2, -0.15) is 0 Å². The predicted molar refractivity (Wildman–Crippen MR) is 56.3 cm³/mol. The lowest BCUT2D eigenvalue weighted by atomic mass is 10.4. The third-order valence-electron chi connectivity index (χ3n) is 1.66. The Morgan fingerprint density at radius 2 is 2.00 bits per heavy atom. The summed E-state index contributed by atoms with van der Waals surface area (Å²) in [5.74, 6) is 0. The molecule has 0 radical (unpaired) electrons. The highest BCUT2D eigenvalue weighted by molar-refractivity contribution is 8.03. The lowest BCUT2D eigenvalue weighted by Gasteiger charge is -2.02. The summed E-state index contributed by atoms with van der Waals surface area (Å²) in [6, 6.07) is 10.5. The zero-order chi connectivity index (χ0) is 8.81. The summed E-state index contributed by atoms with van der Waals surface area (Å²) >= 11 is 1.85. The molecular formula is C11H14S. The summed E-state index contributed by atoms with van der Waals surface area (Å²) in [7, 11) is 0. The van der Waals surface area contributed by atoms with Crippen molar-refractivity contribution in [3.05, 3.63) is 41.3 Å². The third kappa shape index (κ3) is 2.74. The van der Waals surface area contributed by atoms with Crippen LogP contribution in [0.2, 0.25) is 0 Å². The van der Waals surface area contributed by atoms with E-state index in [1.807, 2.05) is 17.8 Å². The van der Waals surface area contributed by atoms with Crippen LogP contribution < -0.4 is 0 Å². The van der Waals surface area contributed by atoms with E-state index >= 15 is 0 Å². The number of rotatable bonds is 3. The second kappa shape index (κ2) is 5.04. The molecule has 0 aliphatic heterocycles. The highest BCUT2D eigenvalue weighted by Gasteiger charge is 1.95. The molecule has 0 aliphatic carbocycles. The fourth-order valence-corrected chi connectivity index (χ4v) is 1.83. The van der Waals surface area contributed by atoms with Crippen LogP contribution in [0.25, 0.3) is 0 Å². The van der Waals surface area contributed by atoms with Crippen molar-refractivity contribution in [2.45, 2.75) is 25.2 Å². The van der Waals surface area contributed by atoms with Gasteiger partial charge in [0.2, 0.25) is 0 Å². The Balaban J connectivity index is 2.64. The van der Waals surface area contributed by atoms with E-state index in [1.54, 1.807) is 0 Å². The third-order valence-corrected chi connectivity index (χ3v) is 2.96. The first-order valence-corrected chi connectivity index (χ1v) is 5.06. The number of benzene rings is 1. The molecule has 1 aromatic carbocycles. The molecule has 0 saturated carbocycles. The quantitative estimate of drug-likeness (QED) is 0.628. The fourth-order valence-electron chi connectivity index (χ4n) is 0.975. The van der Waals surface area contributed by atoms with Crippen molar-refractivity contribution in [3.63, 3.8) is 0 Å². The first-order chi connectivity index (χ1) is 5.86. The molecule has 0 amide bonds. The van der Waals surface area contributed by atoms with Gasteiger partial charge in [0.05, 0.1) is 0 Å². The van der Waals surface area contributed by atoms with Crippen molar-refractivity contribution < 1.29 is 0 Å². The zero-order valence-electron chi connectivity index (χ0n) is 7.58. The van der Waals surface area contributed by atoms with Crippen LogP contribution in [-0.4, -0.2) is 0 Å². The van der Waals surface area contributed by atoms with Crippen LogP contribution in [-0.2, 0) is 0 Å². The van der Waals surface area contributed by atoms with E-state index in [2.05, 4.69) is 44.2 Å². The molecule has 0 bridgehead atoms. The van der Waals surface area contributed by atoms with Crippen molar-refractivity contribution in [1.82, 2.24) is 0 Å². The minimum absolute atomic E-state index is 1.12. The smallest absolute Gasteiger partial charge is 0.0118 e. The Hall–Kier alpha value is -0.690. The summed E-state index contributed by atoms with van der Waals surface area (Å²) < 4.78 is 0. The monoisotopic (exact) mass is 178 g/mol. The SMILES string of the molecule is C/C=C(/CC)Sc1ccccc1. The van der Waals surface area contributed by atoms with E-state index < -0.39 is 0 Å². The molecule has 1 heteroatoms. The molecule has 0 aromatic heterocycles. The summed E-state index contributed by atoms with van der Waals surface area (Å²) in [4.78, 5) is 2.76. The molecule has 0 nitrogen and oxygen atoms in total. The van der Waals surface area contributed by atoms with Gasteiger partial charge in [0, 0.05) is 4.90 Å². The lowest BCUT2D eigenvalue weighted by molar-refractivity contribution is 1.19. The molecule has 1 aromatic rings. The Bertz CT molecular complexity index is 249. The van der Waals surface area contributed by atoms with Crippen LogP contribution in [0, 0.1) is 0 Å². The molecular weight excluding hydrogens is 164 g/mol. The molecule has 0 spiro atoms. The number of hydrogen-bond donors (Lipinski definition) is 0. The zero-order valence-corrected chi connectivity index (χ0v) is 8.40. The second-order valence-corrected chi connectivity index (χ2v) is 3.72. The Morgan fingerprint density at radius 1 is 1.33 bits per heavy atom. The Labute approximate surface area is 78.7 Å². The molecule has 0 N–H and O–H groups in total. The number of allylic oxidation sites excluding steroid dienone is 2. The second-order valence-electron chi connectivity index (χ2n) is 2.52. The van der Waals surface area contributed by atoms with E-state index in [-0.39, 0.29) is 0 Å². The van der Waals surface area contributed by atoms with Gasteiger partial charge < -0.3 is 0 Å². The summed E-state index contributed by atoms with van der Waals surface area (Å²) in [5, 5.41) is 0. The van der Waals surface area contributed by atoms with Crippen molar-refractivity contribution >= 4 is 11.8 Å². The lowest BCUT2D eigenvalue weighted by Crippen LogP contribution is -1.73. The topological polar surface area (TPSA) is 0 Å². The van der Waals surface area contributed by atoms with Crippen molar-refractivity contribution in [2.75, 3.05) is 0 Å². The molecule has 12 heavy (non-hydrogen) atoms. The van der Waals surface area contributed by atoms with Gasteiger partial charge in [0.15, 0.2) is 0 Å². The standard InChI is InChI=1S/C11H14S/c1-3-10(4-2)12-11-8-6-5-7-9-11/h3,5-9H,4H2,1-2H3/b10-3-. The van der Waals surface area contributed by atoms with Gasteiger partial charge in [-0.3, -0.25) is 0 Å². The number of hydrogen-bond acceptors (Lipinski definition) is 1. The maximum absolute atomic E-state index is 2.19. The minimum atomic E-state index is 1.12. The van der Waals surface area contributed by atoms with Crippen LogP contribution in [0.3, 0.4) is 0 Å². The summed E-state index contributed by atoms with van der Waals surface area (Å²) in [6.45, 7) is 4.28. The van der Waals surface area contributed by atoms with Crippen molar-refractivity contribution in [2.24, 2.45) is 0 Å². The van der Waals surface area contributed by atoms with Crippen LogP contribution in [0.4, 0.5) is 0 Å². The minimum Gasteiger partial charge on any atom is -0.0949 e. The Morgan fingerprint density at radius 3 is 2.50 bits per heavy atom. The van der Waals surface area contributed by atoms with Crippen molar-refractivity contribution in [1.29, 1.82) is 0 Å². The largest absolute Gasteiger partial charge is 0.0949 e. The van der Waals surface area contributed by atoms with Gasteiger partial charge in [-0.15, -0.1) is 0 Å². The highest BCUT2D eigenvalue weighted by atomic mass is 32.2. The number of thioether (sulfide) groups is 1. The van der Waals surface area contributed by atoms with E-state index in [4.69, 9.17) is 0 Å².